The lowest BCUT2D eigenvalue weighted by atomic mass is 9.96. The highest BCUT2D eigenvalue weighted by Gasteiger charge is 2.36. The van der Waals surface area contributed by atoms with Crippen molar-refractivity contribution in [2.75, 3.05) is 37.6 Å². The van der Waals surface area contributed by atoms with Crippen LogP contribution in [0.15, 0.2) is 54.0 Å². The van der Waals surface area contributed by atoms with Crippen LogP contribution in [0.4, 0.5) is 5.69 Å². The number of ketones is 1. The molecule has 35 heavy (non-hydrogen) atoms. The summed E-state index contributed by atoms with van der Waals surface area (Å²) in [6.07, 6.45) is 3.14. The Balaban J connectivity index is 1.15. The van der Waals surface area contributed by atoms with E-state index in [1.165, 1.54) is 11.3 Å². The number of carbonyl (C=O) groups excluding carboxylic acids is 3. The third kappa shape index (κ3) is 4.17. The van der Waals surface area contributed by atoms with Crippen molar-refractivity contribution in [1.29, 1.82) is 0 Å². The van der Waals surface area contributed by atoms with Gasteiger partial charge in [-0.1, -0.05) is 30.3 Å². The second-order valence-corrected chi connectivity index (χ2v) is 10.3. The molecule has 0 spiro atoms. The van der Waals surface area contributed by atoms with E-state index in [1.807, 2.05) is 39.4 Å². The molecule has 0 saturated carbocycles. The number of thiazole rings is 1. The zero-order chi connectivity index (χ0) is 23.9. The molecule has 2 amide bonds. The van der Waals surface area contributed by atoms with Crippen molar-refractivity contribution < 1.29 is 14.4 Å². The van der Waals surface area contributed by atoms with E-state index in [4.69, 9.17) is 0 Å². The average Bonchev–Trinajstić information content (AvgIpc) is 3.63. The lowest BCUT2D eigenvalue weighted by molar-refractivity contribution is -0.118. The summed E-state index contributed by atoms with van der Waals surface area (Å²) in [7, 11) is 0. The quantitative estimate of drug-likeness (QED) is 0.567. The van der Waals surface area contributed by atoms with E-state index in [-0.39, 0.29) is 23.6 Å². The Bertz CT molecular complexity index is 1300. The van der Waals surface area contributed by atoms with E-state index in [2.05, 4.69) is 28.1 Å². The Hall–Kier alpha value is -3.36. The van der Waals surface area contributed by atoms with Crippen LogP contribution in [-0.2, 0) is 22.4 Å². The van der Waals surface area contributed by atoms with Gasteiger partial charge in [-0.05, 0) is 34.4 Å². The zero-order valence-electron chi connectivity index (χ0n) is 19.4. The third-order valence-electron chi connectivity index (χ3n) is 7.34. The zero-order valence-corrected chi connectivity index (χ0v) is 20.2. The summed E-state index contributed by atoms with van der Waals surface area (Å²) < 4.78 is 0. The smallest absolute Gasteiger partial charge is 0.282 e. The summed E-state index contributed by atoms with van der Waals surface area (Å²) in [5.74, 6) is 0.381. The number of Topliss-reactive ketones (excluding diaryl/α,β-unsaturated/α-hetero) is 1. The van der Waals surface area contributed by atoms with Crippen LogP contribution in [0.1, 0.15) is 27.3 Å². The fraction of sp³-hybridized carbons (Fsp3) is 0.333. The average molecular weight is 487 g/mol. The first kappa shape index (κ1) is 22.1. The normalized spacial score (nSPS) is 20.5. The molecule has 0 radical (unpaired) electrons. The number of hydrogen-bond donors (Lipinski definition) is 0. The molecule has 2 aliphatic heterocycles. The van der Waals surface area contributed by atoms with E-state index in [0.717, 1.165) is 41.0 Å². The minimum atomic E-state index is -0.00492. The van der Waals surface area contributed by atoms with E-state index >= 15 is 0 Å². The van der Waals surface area contributed by atoms with E-state index < -0.39 is 0 Å². The Kier molecular flexibility index (Phi) is 5.70. The molecule has 1 unspecified atom stereocenters. The van der Waals surface area contributed by atoms with Gasteiger partial charge in [-0.2, -0.15) is 0 Å². The Labute approximate surface area is 208 Å². The molecule has 6 rings (SSSR count). The molecule has 7 nitrogen and oxygen atoms in total. The van der Waals surface area contributed by atoms with Crippen LogP contribution in [0.5, 0.6) is 0 Å². The molecule has 0 bridgehead atoms. The van der Waals surface area contributed by atoms with Crippen LogP contribution in [0.25, 0.3) is 11.1 Å². The van der Waals surface area contributed by atoms with Crippen molar-refractivity contribution >= 4 is 34.6 Å². The molecule has 1 atom stereocenters. The van der Waals surface area contributed by atoms with Crippen molar-refractivity contribution in [3.05, 3.63) is 70.2 Å². The van der Waals surface area contributed by atoms with Gasteiger partial charge in [0.1, 0.15) is 5.78 Å². The number of anilines is 1. The maximum Gasteiger partial charge on any atom is 0.282 e. The summed E-state index contributed by atoms with van der Waals surface area (Å²) in [4.78, 5) is 47.8. The van der Waals surface area contributed by atoms with Gasteiger partial charge >= 0.3 is 0 Å². The maximum absolute atomic E-state index is 13.0. The molecule has 2 aromatic carbocycles. The molecule has 1 aromatic heterocycles. The monoisotopic (exact) mass is 486 g/mol. The van der Waals surface area contributed by atoms with Crippen LogP contribution in [-0.4, -0.2) is 71.1 Å². The summed E-state index contributed by atoms with van der Waals surface area (Å²) in [5.41, 5.74) is 5.25. The lowest BCUT2D eigenvalue weighted by Crippen LogP contribution is -2.52. The number of rotatable bonds is 4. The number of amides is 2. The van der Waals surface area contributed by atoms with E-state index in [0.29, 0.717) is 43.9 Å². The van der Waals surface area contributed by atoms with Gasteiger partial charge in [-0.25, -0.2) is 4.98 Å². The van der Waals surface area contributed by atoms with Gasteiger partial charge in [0.05, 0.1) is 0 Å². The van der Waals surface area contributed by atoms with Crippen molar-refractivity contribution in [2.24, 2.45) is 0 Å². The van der Waals surface area contributed by atoms with Crippen LogP contribution in [0.3, 0.4) is 0 Å². The highest BCUT2D eigenvalue weighted by Crippen LogP contribution is 2.34. The number of nitrogens with zero attached hydrogens (tertiary/aromatic N) is 4. The largest absolute Gasteiger partial charge is 0.334 e. The number of hydrogen-bond acceptors (Lipinski definition) is 6. The minimum absolute atomic E-state index is 0.00492. The van der Waals surface area contributed by atoms with Crippen LogP contribution in [0, 0.1) is 0 Å². The second kappa shape index (κ2) is 9.02. The Morgan fingerprint density at radius 3 is 2.63 bits per heavy atom. The molecule has 0 N–H and O–H groups in total. The van der Waals surface area contributed by atoms with E-state index in [9.17, 15) is 14.4 Å². The minimum Gasteiger partial charge on any atom is -0.334 e. The van der Waals surface area contributed by atoms with Gasteiger partial charge in [0.25, 0.3) is 5.91 Å². The maximum atomic E-state index is 13.0. The fourth-order valence-corrected chi connectivity index (χ4v) is 6.13. The first-order chi connectivity index (χ1) is 17.1. The van der Waals surface area contributed by atoms with Crippen molar-refractivity contribution in [3.63, 3.8) is 0 Å². The molecule has 178 valence electrons. The van der Waals surface area contributed by atoms with Gasteiger partial charge in [0.2, 0.25) is 5.91 Å². The SMILES string of the molecule is O=C1Cc2cccc(-c3cccc(N4CC(N5CCN(C(=O)c6nccs6)CC5)CC4=O)c3)c2C1. The fourth-order valence-electron chi connectivity index (χ4n) is 5.53. The lowest BCUT2D eigenvalue weighted by Gasteiger charge is -2.37. The summed E-state index contributed by atoms with van der Waals surface area (Å²) in [6, 6.07) is 14.4. The molecule has 2 fully saturated rings. The van der Waals surface area contributed by atoms with Gasteiger partial charge in [-0.15, -0.1) is 11.3 Å². The molecular weight excluding hydrogens is 460 g/mol. The molecule has 3 aromatic rings. The predicted octanol–water partition coefficient (Wildman–Crippen LogP) is 3.04. The predicted molar refractivity (Wildman–Crippen MR) is 135 cm³/mol. The first-order valence-corrected chi connectivity index (χ1v) is 12.9. The summed E-state index contributed by atoms with van der Waals surface area (Å²) in [6.45, 7) is 3.46. The topological polar surface area (TPSA) is 73.8 Å². The highest BCUT2D eigenvalue weighted by atomic mass is 32.1. The molecule has 1 aliphatic carbocycles. The molecule has 2 saturated heterocycles. The van der Waals surface area contributed by atoms with Crippen molar-refractivity contribution in [1.82, 2.24) is 14.8 Å². The number of fused-ring (bicyclic) bond motifs is 1. The molecule has 8 heteroatoms. The van der Waals surface area contributed by atoms with Gasteiger partial charge < -0.3 is 9.80 Å². The number of carbonyl (C=O) groups is 3. The van der Waals surface area contributed by atoms with Gasteiger partial charge in [0.15, 0.2) is 5.01 Å². The summed E-state index contributed by atoms with van der Waals surface area (Å²) >= 11 is 1.37. The molecular formula is C27H26N4O3S. The van der Waals surface area contributed by atoms with Crippen LogP contribution in [0.2, 0.25) is 0 Å². The van der Waals surface area contributed by atoms with Crippen molar-refractivity contribution in [2.45, 2.75) is 25.3 Å². The van der Waals surface area contributed by atoms with Gasteiger partial charge in [-0.3, -0.25) is 19.3 Å². The van der Waals surface area contributed by atoms with Crippen molar-refractivity contribution in [3.8, 4) is 11.1 Å². The Morgan fingerprint density at radius 2 is 1.83 bits per heavy atom. The second-order valence-electron chi connectivity index (χ2n) is 9.41. The number of piperazine rings is 1. The summed E-state index contributed by atoms with van der Waals surface area (Å²) in [5, 5.41) is 2.36. The number of benzene rings is 2. The van der Waals surface area contributed by atoms with Crippen LogP contribution >= 0.6 is 11.3 Å². The highest BCUT2D eigenvalue weighted by molar-refractivity contribution is 7.11. The van der Waals surface area contributed by atoms with Gasteiger partial charge in [0, 0.05) is 75.3 Å². The van der Waals surface area contributed by atoms with Crippen LogP contribution < -0.4 is 4.90 Å². The molecule has 3 heterocycles. The third-order valence-corrected chi connectivity index (χ3v) is 8.10. The number of aromatic nitrogens is 1. The first-order valence-electron chi connectivity index (χ1n) is 12.0. The molecule has 3 aliphatic rings. The van der Waals surface area contributed by atoms with E-state index in [1.54, 1.807) is 6.20 Å². The Morgan fingerprint density at radius 1 is 1.00 bits per heavy atom. The standard InChI is InChI=1S/C27H26N4O3S/c32-22-14-19-4-2-6-23(24(19)16-22)18-3-1-5-20(13-18)31-17-21(15-25(31)33)29-8-10-30(11-9-29)27(34)26-28-7-12-35-26/h1-7,12-13,21H,8-11,14-17H2.